The van der Waals surface area contributed by atoms with Crippen LogP contribution < -0.4 is 0 Å². The molecule has 6 heterocycles. The standard InChI is InChI=1S/C53H33N5S.C47H29N5S/c1-4-11-34(12-5-1)36-19-23-38(24-20-36)47-33-48(56-53(55-47)40-25-21-37(22-26-40)35-13-6-2-7-14-35)43-18-10-17-41(31-43)42-27-28-44-49(32-42)54-51(39-15-8-3-9-16-39)45-29-30-46-52(50(44)45)58-59-57-46;1-4-12-30(13-5-1)33-18-11-21-37(27-33)47-49-41(31-14-6-2-7-15-31)29-42(50-47)36-20-10-19-34(26-36)35-22-23-38-43(28-35)48-45(32-16-8-3-9-17-32)39-24-25-40-46(44(38)39)52-53-51-40/h1-33H;1-29H. The summed E-state index contributed by atoms with van der Waals surface area (Å²) in [5.41, 5.74) is 30.1. The first-order valence-corrected chi connectivity index (χ1v) is 38.5. The predicted molar refractivity (Wildman–Crippen MR) is 462 cm³/mol. The van der Waals surface area contributed by atoms with Crippen LogP contribution in [0.2, 0.25) is 0 Å². The van der Waals surface area contributed by atoms with Gasteiger partial charge in [-0.1, -0.05) is 309 Å². The van der Waals surface area contributed by atoms with Gasteiger partial charge in [0.05, 0.1) is 68.7 Å². The molecule has 0 fully saturated rings. The Morgan fingerprint density at radius 1 is 0.161 bits per heavy atom. The Morgan fingerprint density at radius 2 is 0.438 bits per heavy atom. The van der Waals surface area contributed by atoms with Crippen LogP contribution in [0.5, 0.6) is 0 Å². The molecule has 0 spiro atoms. The summed E-state index contributed by atoms with van der Waals surface area (Å²) in [6, 6.07) is 131. The van der Waals surface area contributed by atoms with Gasteiger partial charge in [-0.2, -0.15) is 17.5 Å². The lowest BCUT2D eigenvalue weighted by Crippen LogP contribution is -1.96. The molecule has 0 unspecified atom stereocenters. The van der Waals surface area contributed by atoms with E-state index in [-0.39, 0.29) is 0 Å². The highest BCUT2D eigenvalue weighted by atomic mass is 32.1. The van der Waals surface area contributed by atoms with Crippen molar-refractivity contribution in [2.75, 3.05) is 0 Å². The lowest BCUT2D eigenvalue weighted by molar-refractivity contribution is 1.18. The monoisotopic (exact) mass is 1470 g/mol. The molecule has 524 valence electrons. The minimum atomic E-state index is 0.674. The van der Waals surface area contributed by atoms with E-state index < -0.39 is 0 Å². The summed E-state index contributed by atoms with van der Waals surface area (Å²) in [7, 11) is 0. The van der Waals surface area contributed by atoms with Gasteiger partial charge >= 0.3 is 0 Å². The predicted octanol–water partition coefficient (Wildman–Crippen LogP) is 26.0. The van der Waals surface area contributed by atoms with Crippen LogP contribution in [0.15, 0.2) is 376 Å². The van der Waals surface area contributed by atoms with Gasteiger partial charge in [-0.25, -0.2) is 29.9 Å². The Hall–Kier alpha value is -14.6. The lowest BCUT2D eigenvalue weighted by Gasteiger charge is -2.13. The fraction of sp³-hybridized carbons (Fsp3) is 0. The summed E-state index contributed by atoms with van der Waals surface area (Å²) in [5.74, 6) is 1.36. The van der Waals surface area contributed by atoms with Crippen molar-refractivity contribution in [3.63, 3.8) is 0 Å². The molecule has 0 amide bonds. The summed E-state index contributed by atoms with van der Waals surface area (Å²) in [6.45, 7) is 0. The van der Waals surface area contributed by atoms with E-state index in [4.69, 9.17) is 38.7 Å². The van der Waals surface area contributed by atoms with Crippen molar-refractivity contribution in [2.24, 2.45) is 0 Å². The van der Waals surface area contributed by atoms with Crippen molar-refractivity contribution in [1.29, 1.82) is 0 Å². The smallest absolute Gasteiger partial charge is 0.160 e. The largest absolute Gasteiger partial charge is 0.247 e. The zero-order valence-electron chi connectivity index (χ0n) is 60.1. The Morgan fingerprint density at radius 3 is 0.866 bits per heavy atom. The van der Waals surface area contributed by atoms with Crippen LogP contribution in [-0.4, -0.2) is 47.4 Å². The van der Waals surface area contributed by atoms with Crippen LogP contribution in [0.3, 0.4) is 0 Å². The second kappa shape index (κ2) is 29.2. The van der Waals surface area contributed by atoms with E-state index >= 15 is 0 Å². The van der Waals surface area contributed by atoms with E-state index in [1.54, 1.807) is 0 Å². The molecule has 0 N–H and O–H groups in total. The molecule has 0 saturated carbocycles. The van der Waals surface area contributed by atoms with Gasteiger partial charge in [0.25, 0.3) is 0 Å². The van der Waals surface area contributed by atoms with Crippen LogP contribution in [0.25, 0.3) is 211 Å². The third kappa shape index (κ3) is 13.0. The molecule has 12 heteroatoms. The fourth-order valence-corrected chi connectivity index (χ4v) is 16.2. The Kier molecular flexibility index (Phi) is 17.4. The summed E-state index contributed by atoms with van der Waals surface area (Å²) in [5, 5.41) is 6.41. The zero-order valence-corrected chi connectivity index (χ0v) is 61.7. The van der Waals surface area contributed by atoms with Crippen LogP contribution in [0, 0.1) is 0 Å². The molecule has 10 nitrogen and oxygen atoms in total. The average molecular weight is 1470 g/mol. The Labute approximate surface area is 653 Å². The van der Waals surface area contributed by atoms with Crippen molar-refractivity contribution >= 4 is 88.9 Å². The molecule has 0 radical (unpaired) electrons. The number of hydrogen-bond acceptors (Lipinski definition) is 12. The third-order valence-corrected chi connectivity index (χ3v) is 21.8. The van der Waals surface area contributed by atoms with Crippen LogP contribution in [0.4, 0.5) is 0 Å². The minimum Gasteiger partial charge on any atom is -0.247 e. The number of benzene rings is 15. The van der Waals surface area contributed by atoms with E-state index in [9.17, 15) is 0 Å². The lowest BCUT2D eigenvalue weighted by atomic mass is 9.96. The normalized spacial score (nSPS) is 11.4. The van der Waals surface area contributed by atoms with Crippen molar-refractivity contribution in [2.45, 2.75) is 0 Å². The van der Waals surface area contributed by atoms with Crippen molar-refractivity contribution < 1.29 is 0 Å². The average Bonchev–Trinajstić information content (AvgIpc) is 1.32. The first-order valence-electron chi connectivity index (χ1n) is 37.1. The summed E-state index contributed by atoms with van der Waals surface area (Å²) < 4.78 is 18.6. The fourth-order valence-electron chi connectivity index (χ4n) is 15.1. The highest BCUT2D eigenvalue weighted by Crippen LogP contribution is 2.42. The van der Waals surface area contributed by atoms with E-state index in [1.165, 1.54) is 34.6 Å². The van der Waals surface area contributed by atoms with Gasteiger partial charge in [-0.3, -0.25) is 0 Å². The van der Waals surface area contributed by atoms with Gasteiger partial charge in [0, 0.05) is 76.8 Å². The van der Waals surface area contributed by atoms with Gasteiger partial charge in [-0.15, -0.1) is 0 Å². The first-order chi connectivity index (χ1) is 55.5. The van der Waals surface area contributed by atoms with E-state index in [0.29, 0.717) is 11.6 Å². The first kappa shape index (κ1) is 66.8. The molecule has 0 aliphatic carbocycles. The van der Waals surface area contributed by atoms with Gasteiger partial charge in [0.1, 0.15) is 22.1 Å². The maximum absolute atomic E-state index is 5.31. The van der Waals surface area contributed by atoms with E-state index in [0.717, 1.165) is 189 Å². The van der Waals surface area contributed by atoms with Crippen LogP contribution >= 0.6 is 23.5 Å². The number of fused-ring (bicyclic) bond motifs is 10. The van der Waals surface area contributed by atoms with Gasteiger partial charge in [0.2, 0.25) is 0 Å². The number of nitrogens with zero attached hydrogens (tertiary/aromatic N) is 10. The maximum atomic E-state index is 5.31. The number of hydrogen-bond donors (Lipinski definition) is 0. The molecule has 0 aliphatic rings. The molecule has 0 bridgehead atoms. The third-order valence-electron chi connectivity index (χ3n) is 20.7. The highest BCUT2D eigenvalue weighted by molar-refractivity contribution is 7.00. The molecule has 112 heavy (non-hydrogen) atoms. The van der Waals surface area contributed by atoms with Gasteiger partial charge in [0.15, 0.2) is 11.6 Å². The topological polar surface area (TPSA) is 129 Å². The summed E-state index contributed by atoms with van der Waals surface area (Å²) in [4.78, 5) is 31.3. The van der Waals surface area contributed by atoms with Gasteiger partial charge in [-0.05, 0) is 122 Å². The molecule has 0 atom stereocenters. The van der Waals surface area contributed by atoms with E-state index in [1.807, 2.05) is 60.7 Å². The minimum absolute atomic E-state index is 0.674. The molecule has 6 aromatic heterocycles. The number of aromatic nitrogens is 10. The second-order valence-corrected chi connectivity index (χ2v) is 28.7. The maximum Gasteiger partial charge on any atom is 0.160 e. The van der Waals surface area contributed by atoms with Gasteiger partial charge < -0.3 is 0 Å². The SMILES string of the molecule is c1ccc(-c2ccc(-c3cc(-c4cccc(-c5ccc6c(c5)nc(-c5ccccc5)c5ccc7nsnc7c56)c4)nc(-c4ccc(-c5ccccc5)cc4)n3)cc2)cc1.c1ccc(-c2cccc(-c3nc(-c4ccccc4)cc(-c4cccc(-c5ccc6c(c5)nc(-c5ccccc5)c5ccc7nsnc7c56)c4)n3)c2)cc1. The van der Waals surface area contributed by atoms with Crippen LogP contribution in [-0.2, 0) is 0 Å². The van der Waals surface area contributed by atoms with Crippen molar-refractivity contribution in [1.82, 2.24) is 47.4 Å². The molecular formula is C100H62N10S2. The van der Waals surface area contributed by atoms with Crippen molar-refractivity contribution in [3.8, 4) is 146 Å². The summed E-state index contributed by atoms with van der Waals surface area (Å²) in [6.07, 6.45) is 0. The zero-order chi connectivity index (χ0) is 74.3. The second-order valence-electron chi connectivity index (χ2n) is 27.6. The number of pyridine rings is 2. The van der Waals surface area contributed by atoms with Crippen LogP contribution in [0.1, 0.15) is 0 Å². The molecular weight excluding hydrogens is 1410 g/mol. The Balaban J connectivity index is 0.000000147. The van der Waals surface area contributed by atoms with E-state index in [2.05, 4.69) is 324 Å². The van der Waals surface area contributed by atoms with Crippen molar-refractivity contribution in [3.05, 3.63) is 376 Å². The number of rotatable bonds is 13. The molecule has 0 saturated heterocycles. The highest BCUT2D eigenvalue weighted by Gasteiger charge is 2.21. The molecule has 21 rings (SSSR count). The molecule has 15 aromatic carbocycles. The molecule has 0 aliphatic heterocycles. The summed E-state index contributed by atoms with van der Waals surface area (Å²) >= 11 is 2.49. The Bertz CT molecular complexity index is 6990. The quantitative estimate of drug-likeness (QED) is 0.103. The molecule has 21 aromatic rings.